The van der Waals surface area contributed by atoms with Crippen molar-refractivity contribution < 1.29 is 14.4 Å². The van der Waals surface area contributed by atoms with Crippen LogP contribution in [0.15, 0.2) is 36.9 Å². The Morgan fingerprint density at radius 1 is 1.20 bits per heavy atom. The van der Waals surface area contributed by atoms with Gasteiger partial charge in [0, 0.05) is 31.2 Å². The highest BCUT2D eigenvalue weighted by Crippen LogP contribution is 2.31. The van der Waals surface area contributed by atoms with Crippen LogP contribution in [-0.2, 0) is 24.7 Å². The number of rotatable bonds is 9. The lowest BCUT2D eigenvalue weighted by Crippen LogP contribution is -2.23. The third kappa shape index (κ3) is 5.46. The zero-order valence-electron chi connectivity index (χ0n) is 17.0. The van der Waals surface area contributed by atoms with Crippen LogP contribution in [0.3, 0.4) is 0 Å². The van der Waals surface area contributed by atoms with E-state index in [-0.39, 0.29) is 5.91 Å². The number of nitrogens with one attached hydrogen (secondary N) is 2. The highest BCUT2D eigenvalue weighted by Gasteiger charge is 2.15. The molecule has 2 heterocycles. The van der Waals surface area contributed by atoms with Crippen LogP contribution >= 0.6 is 11.6 Å². The normalized spacial score (nSPS) is 10.7. The molecule has 30 heavy (non-hydrogen) atoms. The van der Waals surface area contributed by atoms with E-state index >= 15 is 0 Å². The van der Waals surface area contributed by atoms with Crippen molar-refractivity contribution in [2.75, 3.05) is 19.0 Å². The Kier molecular flexibility index (Phi) is 7.21. The largest absolute Gasteiger partial charge is 0.495 e. The number of carbonyl (C=O) groups excluding carboxylic acids is 1. The molecule has 0 bridgehead atoms. The first-order valence-corrected chi connectivity index (χ1v) is 9.73. The molecule has 0 unspecified atom stereocenters. The fourth-order valence-electron chi connectivity index (χ4n) is 2.76. The van der Waals surface area contributed by atoms with Gasteiger partial charge in [0.15, 0.2) is 0 Å². The molecule has 1 amide bonds. The third-order valence-corrected chi connectivity index (χ3v) is 4.68. The van der Waals surface area contributed by atoms with Gasteiger partial charge in [0.25, 0.3) is 5.91 Å². The molecule has 158 valence electrons. The maximum Gasteiger partial charge on any atom is 0.274 e. The number of ether oxygens (including phenoxy) is 1. The summed E-state index contributed by atoms with van der Waals surface area (Å²) in [6.45, 7) is 2.16. The van der Waals surface area contributed by atoms with Crippen molar-refractivity contribution in [1.82, 2.24) is 25.2 Å². The summed E-state index contributed by atoms with van der Waals surface area (Å²) in [6.07, 6.45) is 8.27. The minimum Gasteiger partial charge on any atom is -0.495 e. The molecule has 0 aliphatic heterocycles. The van der Waals surface area contributed by atoms with E-state index in [1.165, 1.54) is 7.11 Å². The van der Waals surface area contributed by atoms with Crippen LogP contribution in [0.25, 0.3) is 0 Å². The zero-order valence-corrected chi connectivity index (χ0v) is 17.7. The first-order chi connectivity index (χ1) is 14.5. The summed E-state index contributed by atoms with van der Waals surface area (Å²) in [4.78, 5) is 25.9. The fraction of sp³-hybridized carbons (Fsp3) is 0.300. The minimum atomic E-state index is -0.359. The summed E-state index contributed by atoms with van der Waals surface area (Å²) in [6, 6.07) is 3.32. The fourth-order valence-corrected chi connectivity index (χ4v) is 3.04. The Morgan fingerprint density at radius 3 is 2.60 bits per heavy atom. The quantitative estimate of drug-likeness (QED) is 0.503. The van der Waals surface area contributed by atoms with Crippen molar-refractivity contribution >= 4 is 29.1 Å². The first-order valence-electron chi connectivity index (χ1n) is 9.35. The lowest BCUT2D eigenvalue weighted by Gasteiger charge is -2.12. The topological polar surface area (TPSA) is 103 Å². The number of hydrogen-bond donors (Lipinski definition) is 2. The molecule has 10 heteroatoms. The van der Waals surface area contributed by atoms with Crippen molar-refractivity contribution in [2.45, 2.75) is 19.8 Å². The standard InChI is InChI=1S/C20H23ClN6O3/c1-4-30-26-19(28)15-7-14(18(21)17(8-15)29-3)6-5-13-9-22-20(23-10-13)25-16-11-24-27(2)12-16/h7-12H,4-6H2,1-3H3,(H,26,28)(H,22,23,25). The van der Waals surface area contributed by atoms with E-state index in [1.807, 2.05) is 13.2 Å². The average molecular weight is 431 g/mol. The number of hydrogen-bond acceptors (Lipinski definition) is 7. The molecule has 0 spiro atoms. The van der Waals surface area contributed by atoms with Crippen LogP contribution in [0.5, 0.6) is 5.75 Å². The molecule has 2 N–H and O–H groups in total. The van der Waals surface area contributed by atoms with Crippen LogP contribution in [0.2, 0.25) is 5.02 Å². The maximum absolute atomic E-state index is 12.2. The SMILES string of the molecule is CCONC(=O)c1cc(CCc2cnc(Nc3cnn(C)c3)nc2)c(Cl)c(OC)c1. The Hall–Kier alpha value is -3.17. The molecule has 0 atom stereocenters. The summed E-state index contributed by atoms with van der Waals surface area (Å²) in [7, 11) is 3.35. The van der Waals surface area contributed by atoms with E-state index in [2.05, 4.69) is 25.9 Å². The first kappa shape index (κ1) is 21.5. The molecule has 3 rings (SSSR count). The van der Waals surface area contributed by atoms with Gasteiger partial charge in [0.05, 0.1) is 30.6 Å². The highest BCUT2D eigenvalue weighted by atomic mass is 35.5. The third-order valence-electron chi connectivity index (χ3n) is 4.26. The molecule has 1 aromatic carbocycles. The van der Waals surface area contributed by atoms with Crippen molar-refractivity contribution in [3.05, 3.63) is 58.6 Å². The molecular formula is C20H23ClN6O3. The number of methoxy groups -OCH3 is 1. The summed E-state index contributed by atoms with van der Waals surface area (Å²) < 4.78 is 7.01. The monoisotopic (exact) mass is 430 g/mol. The summed E-state index contributed by atoms with van der Waals surface area (Å²) in [5.74, 6) is 0.561. The zero-order chi connectivity index (χ0) is 21.5. The second-order valence-electron chi connectivity index (χ2n) is 6.46. The summed E-state index contributed by atoms with van der Waals surface area (Å²) in [5, 5.41) is 7.65. The second-order valence-corrected chi connectivity index (χ2v) is 6.84. The number of aryl methyl sites for hydroxylation is 3. The Bertz CT molecular complexity index is 1010. The van der Waals surface area contributed by atoms with E-state index in [0.29, 0.717) is 41.7 Å². The number of hydroxylamine groups is 1. The van der Waals surface area contributed by atoms with Gasteiger partial charge in [-0.2, -0.15) is 5.10 Å². The predicted molar refractivity (Wildman–Crippen MR) is 113 cm³/mol. The van der Waals surface area contributed by atoms with Gasteiger partial charge in [0.1, 0.15) is 5.75 Å². The van der Waals surface area contributed by atoms with Crippen molar-refractivity contribution in [2.24, 2.45) is 7.05 Å². The number of halogens is 1. The Morgan fingerprint density at radius 2 is 1.97 bits per heavy atom. The number of nitrogens with zero attached hydrogens (tertiary/aromatic N) is 4. The van der Waals surface area contributed by atoms with Crippen molar-refractivity contribution in [3.63, 3.8) is 0 Å². The van der Waals surface area contributed by atoms with Crippen LogP contribution in [0.1, 0.15) is 28.4 Å². The number of benzene rings is 1. The Balaban J connectivity index is 1.68. The summed E-state index contributed by atoms with van der Waals surface area (Å²) >= 11 is 6.44. The van der Waals surface area contributed by atoms with E-state index < -0.39 is 0 Å². The van der Waals surface area contributed by atoms with Gasteiger partial charge >= 0.3 is 0 Å². The molecule has 0 saturated carbocycles. The Labute approximate surface area is 179 Å². The van der Waals surface area contributed by atoms with Gasteiger partial charge in [0.2, 0.25) is 5.95 Å². The second kappa shape index (κ2) is 10.0. The summed E-state index contributed by atoms with van der Waals surface area (Å²) in [5.41, 5.74) is 5.32. The van der Waals surface area contributed by atoms with E-state index in [0.717, 1.165) is 16.8 Å². The van der Waals surface area contributed by atoms with E-state index in [4.69, 9.17) is 21.2 Å². The van der Waals surface area contributed by atoms with E-state index in [9.17, 15) is 4.79 Å². The van der Waals surface area contributed by atoms with E-state index in [1.54, 1.807) is 42.3 Å². The lowest BCUT2D eigenvalue weighted by molar-refractivity contribution is 0.0364. The number of anilines is 2. The molecule has 0 fully saturated rings. The highest BCUT2D eigenvalue weighted by molar-refractivity contribution is 6.33. The van der Waals surface area contributed by atoms with Crippen LogP contribution < -0.4 is 15.5 Å². The number of carbonyl (C=O) groups is 1. The van der Waals surface area contributed by atoms with Gasteiger partial charge in [-0.25, -0.2) is 15.4 Å². The lowest BCUT2D eigenvalue weighted by atomic mass is 10.0. The maximum atomic E-state index is 12.2. The van der Waals surface area contributed by atoms with Gasteiger partial charge in [-0.3, -0.25) is 14.3 Å². The number of amides is 1. The molecule has 0 saturated heterocycles. The molecule has 0 radical (unpaired) electrons. The molecule has 0 aliphatic carbocycles. The van der Waals surface area contributed by atoms with Gasteiger partial charge in [-0.15, -0.1) is 0 Å². The van der Waals surface area contributed by atoms with Crippen LogP contribution in [-0.4, -0.2) is 39.4 Å². The van der Waals surface area contributed by atoms with Crippen LogP contribution in [0.4, 0.5) is 11.6 Å². The minimum absolute atomic E-state index is 0.359. The average Bonchev–Trinajstić information content (AvgIpc) is 3.16. The van der Waals surface area contributed by atoms with Gasteiger partial charge in [-0.05, 0) is 43.0 Å². The molecular weight excluding hydrogens is 408 g/mol. The van der Waals surface area contributed by atoms with Gasteiger partial charge < -0.3 is 10.1 Å². The van der Waals surface area contributed by atoms with Crippen molar-refractivity contribution in [3.8, 4) is 5.75 Å². The molecule has 0 aliphatic rings. The predicted octanol–water partition coefficient (Wildman–Crippen LogP) is 3.08. The van der Waals surface area contributed by atoms with Crippen LogP contribution in [0, 0.1) is 0 Å². The van der Waals surface area contributed by atoms with Gasteiger partial charge in [-0.1, -0.05) is 11.6 Å². The molecule has 9 nitrogen and oxygen atoms in total. The molecule has 3 aromatic rings. The smallest absolute Gasteiger partial charge is 0.274 e. The van der Waals surface area contributed by atoms with Crippen molar-refractivity contribution in [1.29, 1.82) is 0 Å². The molecule has 2 aromatic heterocycles. The number of aromatic nitrogens is 4.